The largest absolute Gasteiger partial charge is 0.370 e. The molecule has 22 heteroatoms. The molecular formula is C51H62N12O8S2. The van der Waals surface area contributed by atoms with E-state index in [9.17, 15) is 28.8 Å². The molecule has 5 aromatic rings. The number of hydrogen-bond acceptors (Lipinski definition) is 13. The number of primary amides is 2. The Morgan fingerprint density at radius 3 is 2.22 bits per heavy atom. The number of amides is 8. The minimum Gasteiger partial charge on any atom is -0.370 e. The average Bonchev–Trinajstić information content (AvgIpc) is 4.24. The predicted molar refractivity (Wildman–Crippen MR) is 275 cm³/mol. The first-order valence-corrected chi connectivity index (χ1v) is 26.6. The molecule has 2 aliphatic heterocycles. The summed E-state index contributed by atoms with van der Waals surface area (Å²) in [5.74, 6) is -5.97. The zero-order chi connectivity index (χ0) is 51.6. The molecule has 0 bridgehead atoms. The fourth-order valence-electron chi connectivity index (χ4n) is 9.96. The predicted octanol–water partition coefficient (Wildman–Crippen LogP) is 2.56. The average molecular weight is 1040 g/mol. The number of hydrogen-bond donors (Lipinski definition) is 8. The SMILES string of the molecule is NC(=O)CC[C@@H]1NC(=O)[C@@H](N)CC(=O)NCCCC[C@@H](C(N)=O)NC(=O)[C@H](Cc2csc3ccccc23)NC(=O)[C@@H]2C[C@H](n3cc(-c4ccc(-c5cccs5)cc4)nn3)CN2C(=O)[C@H](C2CCCCC2)NC1=O. The van der Waals surface area contributed by atoms with E-state index < -0.39 is 96.0 Å². The topological polar surface area (TPSA) is 309 Å². The summed E-state index contributed by atoms with van der Waals surface area (Å²) in [6.07, 6.45) is 5.29. The van der Waals surface area contributed by atoms with Crippen molar-refractivity contribution in [3.05, 3.63) is 83.2 Å². The van der Waals surface area contributed by atoms with E-state index in [2.05, 4.69) is 36.9 Å². The van der Waals surface area contributed by atoms with E-state index >= 15 is 9.59 Å². The molecule has 3 aromatic heterocycles. The first kappa shape index (κ1) is 52.3. The van der Waals surface area contributed by atoms with Gasteiger partial charge in [-0.15, -0.1) is 27.8 Å². The highest BCUT2D eigenvalue weighted by Gasteiger charge is 2.46. The molecule has 8 amide bonds. The number of rotatable bonds is 10. The molecule has 73 heavy (non-hydrogen) atoms. The molecule has 1 saturated carbocycles. The Hall–Kier alpha value is -7.04. The number of nitrogens with one attached hydrogen (secondary N) is 5. The van der Waals surface area contributed by atoms with Crippen molar-refractivity contribution < 1.29 is 38.4 Å². The van der Waals surface area contributed by atoms with Gasteiger partial charge in [0.1, 0.15) is 35.9 Å². The molecule has 7 atom stereocenters. The first-order valence-electron chi connectivity index (χ1n) is 24.9. The second kappa shape index (κ2) is 24.1. The summed E-state index contributed by atoms with van der Waals surface area (Å²) in [6, 6.07) is 11.5. The molecular weight excluding hydrogens is 973 g/mol. The van der Waals surface area contributed by atoms with Crippen molar-refractivity contribution in [3.8, 4) is 21.7 Å². The van der Waals surface area contributed by atoms with Crippen LogP contribution in [-0.2, 0) is 44.8 Å². The smallest absolute Gasteiger partial charge is 0.246 e. The lowest BCUT2D eigenvalue weighted by molar-refractivity contribution is -0.144. The van der Waals surface area contributed by atoms with Gasteiger partial charge in [0, 0.05) is 47.5 Å². The molecule has 1 aliphatic carbocycles. The molecule has 8 rings (SSSR count). The number of carbonyl (C=O) groups excluding carboxylic acids is 8. The zero-order valence-electron chi connectivity index (χ0n) is 40.3. The third-order valence-corrected chi connectivity index (χ3v) is 15.9. The van der Waals surface area contributed by atoms with Crippen LogP contribution in [0.15, 0.2) is 77.6 Å². The monoisotopic (exact) mass is 1030 g/mol. The summed E-state index contributed by atoms with van der Waals surface area (Å²) in [6.45, 7) is 0.110. The summed E-state index contributed by atoms with van der Waals surface area (Å²) in [7, 11) is 0. The van der Waals surface area contributed by atoms with Crippen LogP contribution in [0, 0.1) is 5.92 Å². The van der Waals surface area contributed by atoms with Crippen molar-refractivity contribution in [2.24, 2.45) is 23.1 Å². The van der Waals surface area contributed by atoms with Crippen LogP contribution in [0.25, 0.3) is 31.8 Å². The maximum Gasteiger partial charge on any atom is 0.246 e. The molecule has 2 aromatic carbocycles. The van der Waals surface area contributed by atoms with Gasteiger partial charge >= 0.3 is 0 Å². The Kier molecular flexibility index (Phi) is 17.3. The van der Waals surface area contributed by atoms with Crippen LogP contribution in [-0.4, -0.2) is 116 Å². The zero-order valence-corrected chi connectivity index (χ0v) is 42.0. The molecule has 3 aliphatic rings. The number of benzene rings is 2. The summed E-state index contributed by atoms with van der Waals surface area (Å²) in [5, 5.41) is 27.7. The van der Waals surface area contributed by atoms with E-state index in [-0.39, 0.29) is 51.1 Å². The van der Waals surface area contributed by atoms with Gasteiger partial charge in [0.15, 0.2) is 0 Å². The van der Waals surface area contributed by atoms with Crippen LogP contribution in [0.4, 0.5) is 0 Å². The lowest BCUT2D eigenvalue weighted by atomic mass is 9.83. The van der Waals surface area contributed by atoms with Crippen LogP contribution in [0.5, 0.6) is 0 Å². The summed E-state index contributed by atoms with van der Waals surface area (Å²) in [5.41, 5.74) is 20.7. The van der Waals surface area contributed by atoms with E-state index in [0.29, 0.717) is 31.4 Å². The van der Waals surface area contributed by atoms with E-state index in [1.54, 1.807) is 22.2 Å². The third kappa shape index (κ3) is 13.1. The molecule has 2 saturated heterocycles. The number of carbonyl (C=O) groups is 8. The highest BCUT2D eigenvalue weighted by molar-refractivity contribution is 7.17. The highest BCUT2D eigenvalue weighted by Crippen LogP contribution is 2.34. The van der Waals surface area contributed by atoms with Gasteiger partial charge in [-0.25, -0.2) is 4.68 Å². The van der Waals surface area contributed by atoms with Gasteiger partial charge < -0.3 is 48.7 Å². The molecule has 0 spiro atoms. The summed E-state index contributed by atoms with van der Waals surface area (Å²) >= 11 is 3.11. The minimum atomic E-state index is -1.39. The number of fused-ring (bicyclic) bond motifs is 2. The van der Waals surface area contributed by atoms with Crippen molar-refractivity contribution in [1.29, 1.82) is 0 Å². The quantitative estimate of drug-likeness (QED) is 0.101. The Bertz CT molecular complexity index is 2790. The Labute approximate surface area is 429 Å². The minimum absolute atomic E-state index is 0.0300. The standard InChI is InChI=1S/C51H62N12O8S2/c52-35-25-44(65)55-21-7-6-12-36(46(54)66)56-49(69)38(23-32-28-73-42-13-5-4-11-34(32)42)58-50(70)40-24-33(63-27-39(60-61-63)29-15-17-30(18-16-29)41-14-8-22-72-41)26-62(40)51(71)45(31-9-2-1-3-10-31)59-48(68)37(57-47(35)67)19-20-43(53)64/h4-5,8,11,13-18,22,27-28,31,33,35-38,40,45H,1-3,6-7,9-10,12,19-21,23-26,52H2,(H2,53,64)(H2,54,66)(H,55,65)(H,56,69)(H,57,67)(H,58,70)(H,59,68)/t33-,35-,36-,37-,38-,40-,45-/m0/s1. The summed E-state index contributed by atoms with van der Waals surface area (Å²) < 4.78 is 2.59. The van der Waals surface area contributed by atoms with Crippen molar-refractivity contribution in [2.45, 2.75) is 126 Å². The Balaban J connectivity index is 1.15. The molecule has 0 unspecified atom stereocenters. The van der Waals surface area contributed by atoms with Gasteiger partial charge in [-0.2, -0.15) is 0 Å². The molecule has 5 heterocycles. The van der Waals surface area contributed by atoms with Crippen LogP contribution < -0.4 is 43.8 Å². The molecule has 3 fully saturated rings. The normalized spacial score (nSPS) is 24.7. The Morgan fingerprint density at radius 1 is 0.753 bits per heavy atom. The second-order valence-corrected chi connectivity index (χ2v) is 21.0. The first-order chi connectivity index (χ1) is 35.2. The highest BCUT2D eigenvalue weighted by atomic mass is 32.1. The van der Waals surface area contributed by atoms with Crippen molar-refractivity contribution in [3.63, 3.8) is 0 Å². The lowest BCUT2D eigenvalue weighted by Crippen LogP contribution is -2.61. The molecule has 20 nitrogen and oxygen atoms in total. The number of aromatic nitrogens is 3. The number of nitrogens with zero attached hydrogens (tertiary/aromatic N) is 4. The van der Waals surface area contributed by atoms with Crippen LogP contribution in [0.2, 0.25) is 0 Å². The van der Waals surface area contributed by atoms with Gasteiger partial charge in [0.2, 0.25) is 47.3 Å². The van der Waals surface area contributed by atoms with E-state index in [1.807, 2.05) is 71.4 Å². The van der Waals surface area contributed by atoms with Crippen LogP contribution in [0.3, 0.4) is 0 Å². The molecule has 386 valence electrons. The number of nitrogens with two attached hydrogens (primary N) is 3. The van der Waals surface area contributed by atoms with Gasteiger partial charge in [-0.05, 0) is 83.8 Å². The van der Waals surface area contributed by atoms with Gasteiger partial charge in [-0.1, -0.05) is 73.0 Å². The van der Waals surface area contributed by atoms with E-state index in [0.717, 1.165) is 50.9 Å². The fourth-order valence-corrected chi connectivity index (χ4v) is 11.7. The van der Waals surface area contributed by atoms with Crippen LogP contribution in [0.1, 0.15) is 88.7 Å². The third-order valence-electron chi connectivity index (χ3n) is 14.0. The van der Waals surface area contributed by atoms with Crippen molar-refractivity contribution >= 4 is 80.0 Å². The van der Waals surface area contributed by atoms with Crippen LogP contribution >= 0.6 is 22.7 Å². The van der Waals surface area contributed by atoms with E-state index in [4.69, 9.17) is 17.2 Å². The summed E-state index contributed by atoms with van der Waals surface area (Å²) in [4.78, 5) is 113. The van der Waals surface area contributed by atoms with E-state index in [1.165, 1.54) is 16.2 Å². The second-order valence-electron chi connectivity index (χ2n) is 19.1. The van der Waals surface area contributed by atoms with Crippen molar-refractivity contribution in [1.82, 2.24) is 46.5 Å². The van der Waals surface area contributed by atoms with Crippen molar-refractivity contribution in [2.75, 3.05) is 13.1 Å². The van der Waals surface area contributed by atoms with Gasteiger partial charge in [0.25, 0.3) is 0 Å². The van der Waals surface area contributed by atoms with Gasteiger partial charge in [0.05, 0.1) is 24.7 Å². The maximum absolute atomic E-state index is 15.5. The molecule has 0 radical (unpaired) electrons. The maximum atomic E-state index is 15.5. The Morgan fingerprint density at radius 2 is 1.48 bits per heavy atom. The number of thiophene rings is 2. The fraction of sp³-hybridized carbons (Fsp3) is 0.451. The molecule has 11 N–H and O–H groups in total. The van der Waals surface area contributed by atoms with Gasteiger partial charge in [-0.3, -0.25) is 38.4 Å². The lowest BCUT2D eigenvalue weighted by Gasteiger charge is -2.35.